The van der Waals surface area contributed by atoms with Gasteiger partial charge in [0.1, 0.15) is 5.75 Å². The molecule has 4 N–H and O–H groups in total. The minimum atomic E-state index is -0.232. The van der Waals surface area contributed by atoms with Crippen molar-refractivity contribution < 1.29 is 9.90 Å². The summed E-state index contributed by atoms with van der Waals surface area (Å²) in [7, 11) is 0. The molecule has 0 bridgehead atoms. The number of rotatable bonds is 7. The fraction of sp³-hybridized carbons (Fsp3) is 0.375. The van der Waals surface area contributed by atoms with Crippen LogP contribution in [0, 0.1) is 0 Å². The monoisotopic (exact) mass is 303 g/mol. The fourth-order valence-electron chi connectivity index (χ4n) is 2.28. The Morgan fingerprint density at radius 2 is 2.00 bits per heavy atom. The third-order valence-corrected chi connectivity index (χ3v) is 3.48. The molecule has 0 unspecified atom stereocenters. The van der Waals surface area contributed by atoms with Crippen molar-refractivity contribution in [1.29, 1.82) is 0 Å². The Kier molecular flexibility index (Phi) is 5.55. The first-order valence-corrected chi connectivity index (χ1v) is 7.43. The third kappa shape index (κ3) is 4.08. The van der Waals surface area contributed by atoms with Crippen LogP contribution in [0.1, 0.15) is 18.9 Å². The molecule has 0 aliphatic carbocycles. The molecule has 0 saturated heterocycles. The minimum Gasteiger partial charge on any atom is -0.506 e. The number of aromatic nitrogens is 1. The van der Waals surface area contributed by atoms with Crippen LogP contribution in [0.3, 0.4) is 0 Å². The summed E-state index contributed by atoms with van der Waals surface area (Å²) >= 11 is 0. The van der Waals surface area contributed by atoms with Gasteiger partial charge < -0.3 is 20.7 Å². The number of phenols is 1. The van der Waals surface area contributed by atoms with E-state index in [4.69, 9.17) is 0 Å². The van der Waals surface area contributed by atoms with Crippen molar-refractivity contribution in [2.24, 2.45) is 0 Å². The zero-order valence-electron chi connectivity index (χ0n) is 12.6. The van der Waals surface area contributed by atoms with Gasteiger partial charge in [-0.05, 0) is 30.7 Å². The van der Waals surface area contributed by atoms with Gasteiger partial charge in [0.25, 0.3) is 0 Å². The first kappa shape index (κ1) is 16.0. The number of benzene rings is 1. The normalized spacial score (nSPS) is 10.8. The molecule has 0 saturated carbocycles. The third-order valence-electron chi connectivity index (χ3n) is 3.48. The summed E-state index contributed by atoms with van der Waals surface area (Å²) in [4.78, 5) is 25.1. The zero-order chi connectivity index (χ0) is 15.9. The smallest absolute Gasteiger partial charge is 0.248 e. The van der Waals surface area contributed by atoms with Gasteiger partial charge in [-0.25, -0.2) is 0 Å². The molecule has 2 rings (SSSR count). The predicted octanol–water partition coefficient (Wildman–Crippen LogP) is 0.892. The van der Waals surface area contributed by atoms with Crippen molar-refractivity contribution in [3.05, 3.63) is 40.2 Å². The number of H-pyrrole nitrogens is 1. The molecule has 2 aromatic rings. The molecule has 0 fully saturated rings. The Morgan fingerprint density at radius 1 is 1.18 bits per heavy atom. The number of carbonyl (C=O) groups excluding carboxylic acids is 1. The molecule has 1 heterocycles. The number of hydrogen-bond donors (Lipinski definition) is 4. The van der Waals surface area contributed by atoms with Crippen LogP contribution in [-0.4, -0.2) is 35.6 Å². The van der Waals surface area contributed by atoms with E-state index in [-0.39, 0.29) is 17.2 Å². The average Bonchev–Trinajstić information content (AvgIpc) is 2.52. The van der Waals surface area contributed by atoms with Crippen molar-refractivity contribution in [2.45, 2.75) is 19.8 Å². The van der Waals surface area contributed by atoms with Crippen LogP contribution in [0.4, 0.5) is 0 Å². The number of amides is 1. The van der Waals surface area contributed by atoms with Crippen LogP contribution < -0.4 is 16.2 Å². The number of fused-ring (bicyclic) bond motifs is 1. The Balaban J connectivity index is 1.91. The molecule has 0 aliphatic heterocycles. The number of hydrogen-bond acceptors (Lipinski definition) is 4. The standard InChI is InChI=1S/C16H21N3O3/c1-2-14(21)18-10-9-17-8-7-11-3-5-13(20)16-12(11)4-6-15(22)19-16/h3-6,17,20H,2,7-10H2,1H3,(H,18,21)(H,19,22). The van der Waals surface area contributed by atoms with E-state index >= 15 is 0 Å². The van der Waals surface area contributed by atoms with Crippen LogP contribution >= 0.6 is 0 Å². The predicted molar refractivity (Wildman–Crippen MR) is 86.1 cm³/mol. The highest BCUT2D eigenvalue weighted by Gasteiger charge is 2.06. The summed E-state index contributed by atoms with van der Waals surface area (Å²) in [5.41, 5.74) is 1.29. The van der Waals surface area contributed by atoms with Gasteiger partial charge in [0.15, 0.2) is 0 Å². The van der Waals surface area contributed by atoms with E-state index in [1.165, 1.54) is 6.07 Å². The molecule has 0 aliphatic rings. The lowest BCUT2D eigenvalue weighted by molar-refractivity contribution is -0.120. The second-order valence-electron chi connectivity index (χ2n) is 5.06. The van der Waals surface area contributed by atoms with E-state index in [0.29, 0.717) is 25.0 Å². The lowest BCUT2D eigenvalue weighted by Crippen LogP contribution is -2.32. The number of aromatic hydroxyl groups is 1. The number of aromatic amines is 1. The molecular formula is C16H21N3O3. The van der Waals surface area contributed by atoms with Gasteiger partial charge in [-0.15, -0.1) is 0 Å². The summed E-state index contributed by atoms with van der Waals surface area (Å²) in [6.45, 7) is 3.89. The van der Waals surface area contributed by atoms with Crippen LogP contribution in [0.5, 0.6) is 5.75 Å². The maximum atomic E-state index is 11.3. The van der Waals surface area contributed by atoms with E-state index in [2.05, 4.69) is 15.6 Å². The zero-order valence-corrected chi connectivity index (χ0v) is 12.6. The van der Waals surface area contributed by atoms with Crippen LogP contribution in [0.15, 0.2) is 29.1 Å². The molecule has 6 heteroatoms. The van der Waals surface area contributed by atoms with Gasteiger partial charge in [0.05, 0.1) is 5.52 Å². The van der Waals surface area contributed by atoms with Gasteiger partial charge in [-0.2, -0.15) is 0 Å². The summed E-state index contributed by atoms with van der Waals surface area (Å²) in [5, 5.41) is 16.7. The van der Waals surface area contributed by atoms with Crippen molar-refractivity contribution in [3.63, 3.8) is 0 Å². The van der Waals surface area contributed by atoms with Crippen LogP contribution in [0.2, 0.25) is 0 Å². The van der Waals surface area contributed by atoms with E-state index in [0.717, 1.165) is 23.9 Å². The molecule has 0 radical (unpaired) electrons. The van der Waals surface area contributed by atoms with E-state index in [1.54, 1.807) is 12.1 Å². The van der Waals surface area contributed by atoms with Crippen LogP contribution in [0.25, 0.3) is 10.9 Å². The topological polar surface area (TPSA) is 94.2 Å². The van der Waals surface area contributed by atoms with E-state index < -0.39 is 0 Å². The summed E-state index contributed by atoms with van der Waals surface area (Å²) < 4.78 is 0. The highest BCUT2D eigenvalue weighted by molar-refractivity contribution is 5.87. The molecular weight excluding hydrogens is 282 g/mol. The number of carbonyl (C=O) groups is 1. The molecule has 1 amide bonds. The lowest BCUT2D eigenvalue weighted by atomic mass is 10.0. The molecule has 118 valence electrons. The molecule has 1 aromatic heterocycles. The Morgan fingerprint density at radius 3 is 2.77 bits per heavy atom. The maximum absolute atomic E-state index is 11.3. The Labute approximate surface area is 128 Å². The highest BCUT2D eigenvalue weighted by Crippen LogP contribution is 2.24. The second-order valence-corrected chi connectivity index (χ2v) is 5.06. The van der Waals surface area contributed by atoms with Gasteiger partial charge in [0.2, 0.25) is 11.5 Å². The number of phenolic OH excluding ortho intramolecular Hbond substituents is 1. The second kappa shape index (κ2) is 7.61. The molecule has 6 nitrogen and oxygen atoms in total. The Bertz CT molecular complexity index is 709. The van der Waals surface area contributed by atoms with Crippen molar-refractivity contribution in [3.8, 4) is 5.75 Å². The maximum Gasteiger partial charge on any atom is 0.248 e. The van der Waals surface area contributed by atoms with Crippen LogP contribution in [-0.2, 0) is 11.2 Å². The highest BCUT2D eigenvalue weighted by atomic mass is 16.3. The van der Waals surface area contributed by atoms with Crippen molar-refractivity contribution >= 4 is 16.8 Å². The molecule has 1 aromatic carbocycles. The summed E-state index contributed by atoms with van der Waals surface area (Å²) in [6, 6.07) is 6.63. The average molecular weight is 303 g/mol. The number of pyridine rings is 1. The molecule has 0 atom stereocenters. The SMILES string of the molecule is CCC(=O)NCCNCCc1ccc(O)c2[nH]c(=O)ccc12. The molecule has 22 heavy (non-hydrogen) atoms. The summed E-state index contributed by atoms with van der Waals surface area (Å²) in [6.07, 6.45) is 1.27. The van der Waals surface area contributed by atoms with Gasteiger partial charge in [0, 0.05) is 31.0 Å². The van der Waals surface area contributed by atoms with Gasteiger partial charge in [-0.3, -0.25) is 9.59 Å². The molecule has 0 spiro atoms. The van der Waals surface area contributed by atoms with E-state index in [9.17, 15) is 14.7 Å². The first-order chi connectivity index (χ1) is 10.6. The lowest BCUT2D eigenvalue weighted by Gasteiger charge is -2.09. The summed E-state index contributed by atoms with van der Waals surface area (Å²) in [5.74, 6) is 0.127. The minimum absolute atomic E-state index is 0.0512. The van der Waals surface area contributed by atoms with Crippen molar-refractivity contribution in [2.75, 3.05) is 19.6 Å². The number of nitrogens with one attached hydrogen (secondary N) is 3. The largest absolute Gasteiger partial charge is 0.506 e. The van der Waals surface area contributed by atoms with Gasteiger partial charge in [-0.1, -0.05) is 13.0 Å². The van der Waals surface area contributed by atoms with Gasteiger partial charge >= 0.3 is 0 Å². The fourth-order valence-corrected chi connectivity index (χ4v) is 2.28. The quantitative estimate of drug-likeness (QED) is 0.571. The Hall–Kier alpha value is -2.34. The van der Waals surface area contributed by atoms with E-state index in [1.807, 2.05) is 13.0 Å². The van der Waals surface area contributed by atoms with Crippen molar-refractivity contribution in [1.82, 2.24) is 15.6 Å². The first-order valence-electron chi connectivity index (χ1n) is 7.43.